The second-order valence-corrected chi connectivity index (χ2v) is 7.42. The number of rotatable bonds is 7. The van der Waals surface area contributed by atoms with Crippen LogP contribution in [0.4, 0.5) is 11.5 Å². The number of benzene rings is 1. The summed E-state index contributed by atoms with van der Waals surface area (Å²) in [4.78, 5) is 28.3. The molecule has 0 spiro atoms. The third-order valence-corrected chi connectivity index (χ3v) is 5.28. The number of ketones is 1. The number of carbonyl (C=O) groups is 1. The van der Waals surface area contributed by atoms with E-state index in [0.717, 1.165) is 42.0 Å². The molecule has 2 aromatic heterocycles. The number of hydrogen-bond donors (Lipinski definition) is 2. The van der Waals surface area contributed by atoms with Crippen molar-refractivity contribution in [3.05, 3.63) is 65.7 Å². The van der Waals surface area contributed by atoms with E-state index in [-0.39, 0.29) is 23.7 Å². The Labute approximate surface area is 181 Å². The van der Waals surface area contributed by atoms with Crippen LogP contribution in [0.1, 0.15) is 21.6 Å². The van der Waals surface area contributed by atoms with E-state index in [2.05, 4.69) is 25.2 Å². The summed E-state index contributed by atoms with van der Waals surface area (Å²) in [5.74, 6) is -0.0430. The summed E-state index contributed by atoms with van der Waals surface area (Å²) in [5.41, 5.74) is 10.7. The molecule has 3 heterocycles. The largest absolute Gasteiger partial charge is 0.382 e. The van der Waals surface area contributed by atoms with Crippen molar-refractivity contribution in [3.8, 4) is 11.3 Å². The van der Waals surface area contributed by atoms with E-state index in [1.165, 1.54) is 0 Å². The molecule has 1 fully saturated rings. The molecule has 160 valence electrons. The second kappa shape index (κ2) is 9.63. The van der Waals surface area contributed by atoms with Crippen molar-refractivity contribution in [2.45, 2.75) is 13.0 Å². The summed E-state index contributed by atoms with van der Waals surface area (Å²) >= 11 is 0. The van der Waals surface area contributed by atoms with Gasteiger partial charge in [0.15, 0.2) is 11.6 Å². The van der Waals surface area contributed by atoms with E-state index >= 15 is 0 Å². The van der Waals surface area contributed by atoms with Crippen molar-refractivity contribution >= 4 is 17.3 Å². The third kappa shape index (κ3) is 4.87. The van der Waals surface area contributed by atoms with Crippen LogP contribution in [-0.2, 0) is 17.7 Å². The average Bonchev–Trinajstić information content (AvgIpc) is 2.81. The summed E-state index contributed by atoms with van der Waals surface area (Å²) < 4.78 is 5.44. The minimum absolute atomic E-state index is 0.136. The van der Waals surface area contributed by atoms with Gasteiger partial charge >= 0.3 is 0 Å². The topological polar surface area (TPSA) is 106 Å². The number of ether oxygens (including phenoxy) is 1. The Balaban J connectivity index is 1.57. The van der Waals surface area contributed by atoms with Gasteiger partial charge in [0.05, 0.1) is 25.1 Å². The normalized spacial score (nSPS) is 13.9. The van der Waals surface area contributed by atoms with Crippen molar-refractivity contribution in [1.29, 1.82) is 0 Å². The first kappa shape index (κ1) is 20.9. The molecule has 31 heavy (non-hydrogen) atoms. The summed E-state index contributed by atoms with van der Waals surface area (Å²) in [6, 6.07) is 9.93. The standard InChI is InChI=1S/C23H26N6O2/c1-25-13-16-2-4-17(5-3-16)19-15-27-23(24)22(28-19)21(30)12-18-14-26-7-6-20(18)29-8-10-31-11-9-29/h2-7,14-15,25H,8-13H2,1H3,(H2,24,27). The Bertz CT molecular complexity index is 1050. The summed E-state index contributed by atoms with van der Waals surface area (Å²) in [7, 11) is 1.91. The van der Waals surface area contributed by atoms with Gasteiger partial charge < -0.3 is 20.7 Å². The number of carbonyl (C=O) groups excluding carboxylic acids is 1. The Morgan fingerprint density at radius 1 is 1.16 bits per heavy atom. The van der Waals surface area contributed by atoms with Gasteiger partial charge in [-0.25, -0.2) is 9.97 Å². The number of pyridine rings is 1. The monoisotopic (exact) mass is 418 g/mol. The molecular formula is C23H26N6O2. The second-order valence-electron chi connectivity index (χ2n) is 7.42. The fraction of sp³-hybridized carbons (Fsp3) is 0.304. The van der Waals surface area contributed by atoms with E-state index in [1.807, 2.05) is 37.4 Å². The lowest BCUT2D eigenvalue weighted by atomic mass is 10.0. The minimum Gasteiger partial charge on any atom is -0.382 e. The van der Waals surface area contributed by atoms with Gasteiger partial charge in [-0.05, 0) is 18.7 Å². The van der Waals surface area contributed by atoms with Crippen molar-refractivity contribution in [2.24, 2.45) is 0 Å². The average molecular weight is 419 g/mol. The number of nitrogens with zero attached hydrogens (tertiary/aromatic N) is 4. The zero-order valence-corrected chi connectivity index (χ0v) is 17.5. The zero-order chi connectivity index (χ0) is 21.6. The maximum absolute atomic E-state index is 13.1. The van der Waals surface area contributed by atoms with E-state index in [1.54, 1.807) is 18.6 Å². The van der Waals surface area contributed by atoms with Gasteiger partial charge in [0.2, 0.25) is 0 Å². The van der Waals surface area contributed by atoms with Crippen molar-refractivity contribution < 1.29 is 9.53 Å². The van der Waals surface area contributed by atoms with Gasteiger partial charge in [-0.15, -0.1) is 0 Å². The molecule has 3 aromatic rings. The highest BCUT2D eigenvalue weighted by atomic mass is 16.5. The lowest BCUT2D eigenvalue weighted by Gasteiger charge is -2.30. The van der Waals surface area contributed by atoms with Gasteiger partial charge in [-0.1, -0.05) is 24.3 Å². The molecule has 0 bridgehead atoms. The van der Waals surface area contributed by atoms with Gasteiger partial charge in [0, 0.05) is 55.3 Å². The molecule has 8 heteroatoms. The van der Waals surface area contributed by atoms with Crippen LogP contribution in [0.25, 0.3) is 11.3 Å². The lowest BCUT2D eigenvalue weighted by molar-refractivity contribution is 0.0988. The SMILES string of the molecule is CNCc1ccc(-c2cnc(N)c(C(=O)Cc3cnccc3N3CCOCC3)n2)cc1. The first-order valence-corrected chi connectivity index (χ1v) is 10.3. The smallest absolute Gasteiger partial charge is 0.189 e. The molecule has 0 unspecified atom stereocenters. The van der Waals surface area contributed by atoms with Crippen LogP contribution in [0, 0.1) is 0 Å². The van der Waals surface area contributed by atoms with Gasteiger partial charge in [-0.2, -0.15) is 0 Å². The number of nitrogens with two attached hydrogens (primary N) is 1. The zero-order valence-electron chi connectivity index (χ0n) is 17.5. The summed E-state index contributed by atoms with van der Waals surface area (Å²) in [5, 5.41) is 3.12. The van der Waals surface area contributed by atoms with Crippen LogP contribution in [0.3, 0.4) is 0 Å². The molecule has 0 saturated carbocycles. The van der Waals surface area contributed by atoms with E-state index in [4.69, 9.17) is 10.5 Å². The predicted molar refractivity (Wildman–Crippen MR) is 120 cm³/mol. The number of nitrogen functional groups attached to an aromatic ring is 1. The summed E-state index contributed by atoms with van der Waals surface area (Å²) in [6.07, 6.45) is 5.23. The van der Waals surface area contributed by atoms with Gasteiger partial charge in [0.25, 0.3) is 0 Å². The highest BCUT2D eigenvalue weighted by molar-refractivity contribution is 6.00. The number of anilines is 2. The molecule has 0 radical (unpaired) electrons. The van der Waals surface area contributed by atoms with Crippen LogP contribution in [0.15, 0.2) is 48.9 Å². The lowest BCUT2D eigenvalue weighted by Crippen LogP contribution is -2.37. The molecule has 1 aromatic carbocycles. The third-order valence-electron chi connectivity index (χ3n) is 5.28. The van der Waals surface area contributed by atoms with Crippen LogP contribution >= 0.6 is 0 Å². The molecular weight excluding hydrogens is 392 g/mol. The molecule has 0 atom stereocenters. The van der Waals surface area contributed by atoms with Crippen molar-refractivity contribution in [3.63, 3.8) is 0 Å². The first-order chi connectivity index (χ1) is 15.2. The molecule has 4 rings (SSSR count). The Hall–Kier alpha value is -3.36. The van der Waals surface area contributed by atoms with Crippen LogP contribution in [0.5, 0.6) is 0 Å². The summed E-state index contributed by atoms with van der Waals surface area (Å²) in [6.45, 7) is 3.69. The molecule has 0 aliphatic carbocycles. The molecule has 1 aliphatic rings. The first-order valence-electron chi connectivity index (χ1n) is 10.3. The van der Waals surface area contributed by atoms with Crippen molar-refractivity contribution in [1.82, 2.24) is 20.3 Å². The minimum atomic E-state index is -0.179. The van der Waals surface area contributed by atoms with E-state index in [0.29, 0.717) is 18.9 Å². The molecule has 3 N–H and O–H groups in total. The molecule has 1 aliphatic heterocycles. The van der Waals surface area contributed by atoms with Gasteiger partial charge in [0.1, 0.15) is 5.69 Å². The Kier molecular flexibility index (Phi) is 6.49. The van der Waals surface area contributed by atoms with Gasteiger partial charge in [-0.3, -0.25) is 9.78 Å². The highest BCUT2D eigenvalue weighted by Gasteiger charge is 2.20. The van der Waals surface area contributed by atoms with E-state index < -0.39 is 0 Å². The van der Waals surface area contributed by atoms with Crippen LogP contribution in [-0.4, -0.2) is 54.1 Å². The Morgan fingerprint density at radius 3 is 2.68 bits per heavy atom. The molecule has 0 amide bonds. The highest BCUT2D eigenvalue weighted by Crippen LogP contribution is 2.24. The fourth-order valence-electron chi connectivity index (χ4n) is 3.67. The van der Waals surface area contributed by atoms with Crippen LogP contribution in [0.2, 0.25) is 0 Å². The number of aromatic nitrogens is 3. The number of nitrogens with one attached hydrogen (secondary N) is 1. The van der Waals surface area contributed by atoms with Crippen molar-refractivity contribution in [2.75, 3.05) is 44.0 Å². The van der Waals surface area contributed by atoms with E-state index in [9.17, 15) is 4.79 Å². The number of morpholine rings is 1. The van der Waals surface area contributed by atoms with Crippen LogP contribution < -0.4 is 16.0 Å². The Morgan fingerprint density at radius 2 is 1.94 bits per heavy atom. The number of Topliss-reactive ketones (excluding diaryl/α,β-unsaturated/α-hetero) is 1. The molecule has 1 saturated heterocycles. The quantitative estimate of drug-likeness (QED) is 0.562. The fourth-order valence-corrected chi connectivity index (χ4v) is 3.67. The maximum Gasteiger partial charge on any atom is 0.189 e. The maximum atomic E-state index is 13.1. The number of hydrogen-bond acceptors (Lipinski definition) is 8. The predicted octanol–water partition coefficient (Wildman–Crippen LogP) is 2.10. The molecule has 8 nitrogen and oxygen atoms in total.